The Kier molecular flexibility index (Phi) is 2.51. The zero-order valence-electron chi connectivity index (χ0n) is 11.0. The summed E-state index contributed by atoms with van der Waals surface area (Å²) < 4.78 is 40.8. The first kappa shape index (κ1) is 13.7. The number of halogens is 3. The predicted molar refractivity (Wildman–Crippen MR) is 68.4 cm³/mol. The zero-order valence-corrected chi connectivity index (χ0v) is 11.0. The first-order valence-electron chi connectivity index (χ1n) is 6.17. The van der Waals surface area contributed by atoms with Gasteiger partial charge >= 0.3 is 6.18 Å². The Morgan fingerprint density at radius 2 is 2.05 bits per heavy atom. The summed E-state index contributed by atoms with van der Waals surface area (Å²) in [6.07, 6.45) is -3.38. The van der Waals surface area contributed by atoms with Crippen molar-refractivity contribution >= 4 is 22.9 Å². The minimum absolute atomic E-state index is 0.00975. The molecule has 0 aromatic carbocycles. The Morgan fingerprint density at radius 3 is 2.52 bits per heavy atom. The summed E-state index contributed by atoms with van der Waals surface area (Å²) in [5.74, 6) is -0.812. The molecule has 9 heteroatoms. The highest BCUT2D eigenvalue weighted by molar-refractivity contribution is 6.08. The van der Waals surface area contributed by atoms with Crippen LogP contribution in [-0.2, 0) is 12.5 Å². The third kappa shape index (κ3) is 1.69. The van der Waals surface area contributed by atoms with E-state index in [4.69, 9.17) is 11.5 Å². The van der Waals surface area contributed by atoms with Gasteiger partial charge in [0.2, 0.25) is 0 Å². The Balaban J connectivity index is 2.26. The Hall–Kier alpha value is -2.32. The molecule has 0 atom stereocenters. The summed E-state index contributed by atoms with van der Waals surface area (Å²) in [6, 6.07) is 0. The first-order valence-corrected chi connectivity index (χ1v) is 6.17. The molecule has 0 radical (unpaired) electrons. The second kappa shape index (κ2) is 3.86. The summed E-state index contributed by atoms with van der Waals surface area (Å²) in [4.78, 5) is 19.4. The van der Waals surface area contributed by atoms with Gasteiger partial charge in [0.15, 0.2) is 5.65 Å². The Labute approximate surface area is 116 Å². The molecule has 6 nitrogen and oxygen atoms in total. The van der Waals surface area contributed by atoms with Gasteiger partial charge in [-0.3, -0.25) is 4.79 Å². The number of hydrogen-bond donors (Lipinski definition) is 2. The van der Waals surface area contributed by atoms with Gasteiger partial charge < -0.3 is 16.0 Å². The summed E-state index contributed by atoms with van der Waals surface area (Å²) in [6.45, 7) is 0. The number of nitrogen functional groups attached to an aromatic ring is 1. The largest absolute Gasteiger partial charge is 0.400 e. The number of hydrogen-bond acceptors (Lipinski definition) is 4. The van der Waals surface area contributed by atoms with Gasteiger partial charge in [-0.15, -0.1) is 0 Å². The number of rotatable bonds is 2. The highest BCUT2D eigenvalue weighted by Gasteiger charge is 2.65. The summed E-state index contributed by atoms with van der Waals surface area (Å²) >= 11 is 0. The van der Waals surface area contributed by atoms with Crippen LogP contribution in [0.3, 0.4) is 0 Å². The van der Waals surface area contributed by atoms with Gasteiger partial charge in [0.25, 0.3) is 5.91 Å². The number of fused-ring (bicyclic) bond motifs is 1. The van der Waals surface area contributed by atoms with E-state index in [1.807, 2.05) is 0 Å². The predicted octanol–water partition coefficient (Wildman–Crippen LogP) is 1.24. The number of aromatic nitrogens is 3. The van der Waals surface area contributed by atoms with Gasteiger partial charge in [0, 0.05) is 7.05 Å². The molecule has 4 N–H and O–H groups in total. The number of primary amides is 1. The van der Waals surface area contributed by atoms with E-state index in [-0.39, 0.29) is 41.1 Å². The number of anilines is 1. The van der Waals surface area contributed by atoms with E-state index in [1.165, 1.54) is 11.6 Å². The van der Waals surface area contributed by atoms with E-state index < -0.39 is 17.5 Å². The van der Waals surface area contributed by atoms with Crippen molar-refractivity contribution in [3.8, 4) is 0 Å². The van der Waals surface area contributed by atoms with Crippen molar-refractivity contribution in [1.29, 1.82) is 0 Å². The van der Waals surface area contributed by atoms with Gasteiger partial charge in [0.1, 0.15) is 22.3 Å². The molecule has 2 aromatic heterocycles. The fourth-order valence-corrected chi connectivity index (χ4v) is 2.48. The lowest BCUT2D eigenvalue weighted by Gasteiger charge is -2.18. The van der Waals surface area contributed by atoms with E-state index in [9.17, 15) is 18.0 Å². The minimum atomic E-state index is -4.40. The molecule has 112 valence electrons. The van der Waals surface area contributed by atoms with Crippen LogP contribution in [0.2, 0.25) is 0 Å². The van der Waals surface area contributed by atoms with Crippen molar-refractivity contribution in [1.82, 2.24) is 14.5 Å². The third-order valence-electron chi connectivity index (χ3n) is 3.95. The van der Waals surface area contributed by atoms with Crippen LogP contribution in [0.15, 0.2) is 6.20 Å². The average Bonchev–Trinajstić information content (AvgIpc) is 3.14. The first-order chi connectivity index (χ1) is 9.69. The lowest BCUT2D eigenvalue weighted by molar-refractivity contribution is -0.161. The van der Waals surface area contributed by atoms with Crippen LogP contribution in [0.1, 0.15) is 28.9 Å². The molecule has 2 heterocycles. The lowest BCUT2D eigenvalue weighted by Crippen LogP contribution is -2.29. The van der Waals surface area contributed by atoms with Gasteiger partial charge in [-0.2, -0.15) is 13.2 Å². The fourth-order valence-electron chi connectivity index (χ4n) is 2.48. The highest BCUT2D eigenvalue weighted by Crippen LogP contribution is 2.58. The second-order valence-corrected chi connectivity index (χ2v) is 5.19. The molecule has 0 unspecified atom stereocenters. The van der Waals surface area contributed by atoms with Crippen LogP contribution in [0.5, 0.6) is 0 Å². The third-order valence-corrected chi connectivity index (χ3v) is 3.95. The number of carbonyl (C=O) groups is 1. The monoisotopic (exact) mass is 299 g/mol. The van der Waals surface area contributed by atoms with Crippen LogP contribution in [0.4, 0.5) is 19.0 Å². The average molecular weight is 299 g/mol. The van der Waals surface area contributed by atoms with Gasteiger partial charge in [-0.25, -0.2) is 9.97 Å². The standard InChI is InChI=1S/C12H12F3N5O/c1-20-8(16)6(9(17)21)7-10(20)18-4-5(19-7)11(2-3-11)12(13,14)15/h4H,2-3,16H2,1H3,(H2,17,21). The van der Waals surface area contributed by atoms with Crippen LogP contribution < -0.4 is 11.5 Å². The van der Waals surface area contributed by atoms with E-state index in [2.05, 4.69) is 9.97 Å². The van der Waals surface area contributed by atoms with Crippen LogP contribution in [0, 0.1) is 0 Å². The number of nitrogens with two attached hydrogens (primary N) is 2. The quantitative estimate of drug-likeness (QED) is 0.871. The lowest BCUT2D eigenvalue weighted by atomic mass is 10.0. The number of amides is 1. The molecule has 0 aliphatic heterocycles. The van der Waals surface area contributed by atoms with Crippen molar-refractivity contribution in [2.24, 2.45) is 12.8 Å². The normalized spacial score (nSPS) is 17.1. The maximum Gasteiger partial charge on any atom is 0.400 e. The second-order valence-electron chi connectivity index (χ2n) is 5.19. The maximum absolute atomic E-state index is 13.1. The number of carbonyl (C=O) groups excluding carboxylic acids is 1. The smallest absolute Gasteiger partial charge is 0.384 e. The van der Waals surface area contributed by atoms with Crippen molar-refractivity contribution in [3.63, 3.8) is 0 Å². The fraction of sp³-hybridized carbons (Fsp3) is 0.417. The van der Waals surface area contributed by atoms with E-state index >= 15 is 0 Å². The molecule has 1 aliphatic carbocycles. The molecule has 0 saturated heterocycles. The molecule has 1 fully saturated rings. The minimum Gasteiger partial charge on any atom is -0.384 e. The molecule has 21 heavy (non-hydrogen) atoms. The van der Waals surface area contributed by atoms with Crippen LogP contribution in [0.25, 0.3) is 11.2 Å². The number of aryl methyl sites for hydroxylation is 1. The van der Waals surface area contributed by atoms with Crippen LogP contribution >= 0.6 is 0 Å². The van der Waals surface area contributed by atoms with E-state index in [0.717, 1.165) is 6.20 Å². The van der Waals surface area contributed by atoms with Gasteiger partial charge in [0.05, 0.1) is 11.9 Å². The Bertz CT molecular complexity index is 760. The van der Waals surface area contributed by atoms with E-state index in [1.54, 1.807) is 0 Å². The van der Waals surface area contributed by atoms with Gasteiger partial charge in [-0.05, 0) is 12.8 Å². The molecule has 1 saturated carbocycles. The Morgan fingerprint density at radius 1 is 1.43 bits per heavy atom. The number of alkyl halides is 3. The topological polar surface area (TPSA) is 99.8 Å². The van der Waals surface area contributed by atoms with Crippen LogP contribution in [-0.4, -0.2) is 26.6 Å². The molecular formula is C12H12F3N5O. The molecule has 0 spiro atoms. The maximum atomic E-state index is 13.1. The highest BCUT2D eigenvalue weighted by atomic mass is 19.4. The van der Waals surface area contributed by atoms with Crippen molar-refractivity contribution < 1.29 is 18.0 Å². The van der Waals surface area contributed by atoms with Crippen molar-refractivity contribution in [2.45, 2.75) is 24.4 Å². The number of nitrogens with zero attached hydrogens (tertiary/aromatic N) is 3. The van der Waals surface area contributed by atoms with Gasteiger partial charge in [-0.1, -0.05) is 0 Å². The van der Waals surface area contributed by atoms with E-state index in [0.29, 0.717) is 0 Å². The molecule has 2 aromatic rings. The molecular weight excluding hydrogens is 287 g/mol. The molecule has 1 aliphatic rings. The summed E-state index contributed by atoms with van der Waals surface area (Å²) in [5, 5.41) is 0. The molecule has 3 rings (SSSR count). The summed E-state index contributed by atoms with van der Waals surface area (Å²) in [7, 11) is 1.54. The van der Waals surface area contributed by atoms with Crippen molar-refractivity contribution in [2.75, 3.05) is 5.73 Å². The zero-order chi connectivity index (χ0) is 15.6. The SMILES string of the molecule is Cn1c(N)c(C(N)=O)c2nc(C3(C(F)(F)F)CC3)cnc21. The molecule has 0 bridgehead atoms. The summed E-state index contributed by atoms with van der Waals surface area (Å²) in [5.41, 5.74) is 8.94. The molecule has 1 amide bonds. The van der Waals surface area contributed by atoms with Crippen molar-refractivity contribution in [3.05, 3.63) is 17.5 Å².